The molecule has 0 aromatic heterocycles. The number of carboxylic acids is 1. The molecule has 6 heteroatoms. The summed E-state index contributed by atoms with van der Waals surface area (Å²) in [5.74, 6) is -0.893. The van der Waals surface area contributed by atoms with E-state index in [1.807, 2.05) is 30.4 Å². The van der Waals surface area contributed by atoms with Gasteiger partial charge in [-0.2, -0.15) is 0 Å². The van der Waals surface area contributed by atoms with Gasteiger partial charge in [-0.25, -0.2) is 4.39 Å². The molecule has 5 nitrogen and oxygen atoms in total. The number of aliphatic hydroxyl groups excluding tert-OH is 2. The van der Waals surface area contributed by atoms with Crippen LogP contribution >= 0.6 is 0 Å². The minimum absolute atomic E-state index is 0.0799. The quantitative estimate of drug-likeness (QED) is 0.396. The number of aliphatic hydroxyl groups is 2. The summed E-state index contributed by atoms with van der Waals surface area (Å²) in [5, 5.41) is 28.8. The molecule has 0 heterocycles. The van der Waals surface area contributed by atoms with Crippen LogP contribution in [0.4, 0.5) is 4.39 Å². The number of alkyl halides is 1. The lowest BCUT2D eigenvalue weighted by Gasteiger charge is -2.19. The molecule has 154 valence electrons. The van der Waals surface area contributed by atoms with E-state index < -0.39 is 24.3 Å². The van der Waals surface area contributed by atoms with E-state index >= 15 is 0 Å². The molecule has 5 atom stereocenters. The van der Waals surface area contributed by atoms with Gasteiger partial charge in [-0.1, -0.05) is 42.5 Å². The molecule has 0 saturated heterocycles. The van der Waals surface area contributed by atoms with E-state index in [2.05, 4.69) is 0 Å². The molecule has 1 saturated carbocycles. The van der Waals surface area contributed by atoms with Crippen molar-refractivity contribution in [2.24, 2.45) is 11.8 Å². The first-order valence-corrected chi connectivity index (χ1v) is 9.70. The Morgan fingerprint density at radius 2 is 2.04 bits per heavy atom. The van der Waals surface area contributed by atoms with Gasteiger partial charge in [0.1, 0.15) is 24.6 Å². The van der Waals surface area contributed by atoms with E-state index in [-0.39, 0.29) is 31.3 Å². The molecule has 0 amide bonds. The average molecular weight is 392 g/mol. The maximum absolute atomic E-state index is 14.3. The fraction of sp³-hybridized carbons (Fsp3) is 0.500. The van der Waals surface area contributed by atoms with Gasteiger partial charge in [0.15, 0.2) is 0 Å². The summed E-state index contributed by atoms with van der Waals surface area (Å²) in [7, 11) is 0. The number of para-hydroxylation sites is 1. The van der Waals surface area contributed by atoms with Crippen LogP contribution in [0.3, 0.4) is 0 Å². The average Bonchev–Trinajstić information content (AvgIpc) is 2.94. The highest BCUT2D eigenvalue weighted by molar-refractivity contribution is 5.66. The molecule has 0 unspecified atom stereocenters. The summed E-state index contributed by atoms with van der Waals surface area (Å²) in [6.07, 6.45) is 6.08. The highest BCUT2D eigenvalue weighted by Crippen LogP contribution is 2.38. The summed E-state index contributed by atoms with van der Waals surface area (Å²) >= 11 is 0. The number of halogens is 1. The molecule has 3 N–H and O–H groups in total. The molecule has 0 aliphatic heterocycles. The number of hydrogen-bond donors (Lipinski definition) is 3. The molecular weight excluding hydrogens is 363 g/mol. The standard InChI is InChI=1S/C22H29FO5/c23-20-14-21(25)19(18(20)10-6-1-2-7-11-22(26)27)13-12-16(24)15-28-17-8-4-3-5-9-17/h1,3-6,8-9,12-13,16,18-21,24-25H,2,7,10-11,14-15H2,(H,26,27)/b6-1-,13-12?/t16-,18-,19-,20-,21-/m1/s1. The number of benzene rings is 1. The van der Waals surface area contributed by atoms with Crippen molar-refractivity contribution in [3.8, 4) is 5.75 Å². The lowest BCUT2D eigenvalue weighted by molar-refractivity contribution is -0.137. The summed E-state index contributed by atoms with van der Waals surface area (Å²) in [5.41, 5.74) is 0. The number of allylic oxidation sites excluding steroid dienone is 2. The van der Waals surface area contributed by atoms with E-state index in [9.17, 15) is 19.4 Å². The van der Waals surface area contributed by atoms with Crippen molar-refractivity contribution < 1.29 is 29.2 Å². The SMILES string of the molecule is O=C(O)CCC/C=C\C[C@@H]1[C@@H](C=C[C@@H](O)COc2ccccc2)[C@H](O)C[C@H]1F. The first-order chi connectivity index (χ1) is 13.5. The van der Waals surface area contributed by atoms with Gasteiger partial charge in [-0.3, -0.25) is 4.79 Å². The van der Waals surface area contributed by atoms with Gasteiger partial charge in [-0.05, 0) is 31.4 Å². The molecular formula is C22H29FO5. The van der Waals surface area contributed by atoms with E-state index in [4.69, 9.17) is 9.84 Å². The van der Waals surface area contributed by atoms with Crippen LogP contribution in [0, 0.1) is 11.8 Å². The van der Waals surface area contributed by atoms with Crippen molar-refractivity contribution >= 4 is 5.97 Å². The van der Waals surface area contributed by atoms with Crippen molar-refractivity contribution in [3.05, 3.63) is 54.6 Å². The minimum Gasteiger partial charge on any atom is -0.491 e. The van der Waals surface area contributed by atoms with Crippen molar-refractivity contribution in [1.29, 1.82) is 0 Å². The maximum Gasteiger partial charge on any atom is 0.303 e. The largest absolute Gasteiger partial charge is 0.491 e. The number of unbranched alkanes of at least 4 members (excludes halogenated alkanes) is 1. The Morgan fingerprint density at radius 3 is 2.75 bits per heavy atom. The van der Waals surface area contributed by atoms with Crippen LogP contribution in [-0.2, 0) is 4.79 Å². The Bertz CT molecular complexity index is 646. The molecule has 1 aliphatic rings. The molecule has 1 aromatic carbocycles. The zero-order valence-electron chi connectivity index (χ0n) is 15.9. The Balaban J connectivity index is 1.82. The highest BCUT2D eigenvalue weighted by atomic mass is 19.1. The third-order valence-electron chi connectivity index (χ3n) is 4.93. The number of aliphatic carboxylic acids is 1. The van der Waals surface area contributed by atoms with Crippen LogP contribution in [0.5, 0.6) is 5.75 Å². The number of carboxylic acid groups (broad SMARTS) is 1. The van der Waals surface area contributed by atoms with Crippen LogP contribution in [0.2, 0.25) is 0 Å². The molecule has 0 spiro atoms. The molecule has 28 heavy (non-hydrogen) atoms. The van der Waals surface area contributed by atoms with Crippen molar-refractivity contribution in [3.63, 3.8) is 0 Å². The first-order valence-electron chi connectivity index (χ1n) is 9.70. The fourth-order valence-corrected chi connectivity index (χ4v) is 3.42. The van der Waals surface area contributed by atoms with Crippen LogP contribution in [0.15, 0.2) is 54.6 Å². The van der Waals surface area contributed by atoms with Crippen LogP contribution in [0.1, 0.15) is 32.1 Å². The molecule has 1 aliphatic carbocycles. The van der Waals surface area contributed by atoms with Crippen LogP contribution < -0.4 is 4.74 Å². The second-order valence-corrected chi connectivity index (χ2v) is 7.13. The van der Waals surface area contributed by atoms with Crippen molar-refractivity contribution in [2.75, 3.05) is 6.61 Å². The normalized spacial score (nSPS) is 26.1. The molecule has 0 bridgehead atoms. The van der Waals surface area contributed by atoms with Crippen LogP contribution in [0.25, 0.3) is 0 Å². The lowest BCUT2D eigenvalue weighted by atomic mass is 9.90. The molecule has 0 radical (unpaired) electrons. The summed E-state index contributed by atoms with van der Waals surface area (Å²) in [6.45, 7) is 0.0799. The van der Waals surface area contributed by atoms with Crippen molar-refractivity contribution in [2.45, 2.75) is 50.5 Å². The maximum atomic E-state index is 14.3. The number of hydrogen-bond acceptors (Lipinski definition) is 4. The predicted octanol–water partition coefficient (Wildman–Crippen LogP) is 3.52. The third-order valence-corrected chi connectivity index (χ3v) is 4.93. The summed E-state index contributed by atoms with van der Waals surface area (Å²) in [6, 6.07) is 9.15. The molecule has 1 aromatic rings. The number of rotatable bonds is 11. The fourth-order valence-electron chi connectivity index (χ4n) is 3.42. The highest BCUT2D eigenvalue weighted by Gasteiger charge is 2.40. The lowest BCUT2D eigenvalue weighted by Crippen LogP contribution is -2.20. The number of carbonyl (C=O) groups is 1. The summed E-state index contributed by atoms with van der Waals surface area (Å²) in [4.78, 5) is 10.5. The van der Waals surface area contributed by atoms with Gasteiger partial charge in [0.05, 0.1) is 6.10 Å². The Morgan fingerprint density at radius 1 is 1.29 bits per heavy atom. The topological polar surface area (TPSA) is 87.0 Å². The Labute approximate surface area is 165 Å². The zero-order valence-corrected chi connectivity index (χ0v) is 15.9. The molecule has 2 rings (SSSR count). The predicted molar refractivity (Wildman–Crippen MR) is 105 cm³/mol. The number of ether oxygens (including phenoxy) is 1. The second kappa shape index (κ2) is 11.6. The van der Waals surface area contributed by atoms with Crippen molar-refractivity contribution in [1.82, 2.24) is 0 Å². The van der Waals surface area contributed by atoms with E-state index in [0.717, 1.165) is 0 Å². The van der Waals surface area contributed by atoms with E-state index in [1.54, 1.807) is 24.3 Å². The zero-order chi connectivity index (χ0) is 20.4. The second-order valence-electron chi connectivity index (χ2n) is 7.13. The smallest absolute Gasteiger partial charge is 0.303 e. The van der Waals surface area contributed by atoms with Gasteiger partial charge < -0.3 is 20.1 Å². The van der Waals surface area contributed by atoms with E-state index in [1.165, 1.54) is 0 Å². The monoisotopic (exact) mass is 392 g/mol. The van der Waals surface area contributed by atoms with E-state index in [0.29, 0.717) is 25.0 Å². The third kappa shape index (κ3) is 7.44. The Kier molecular flexibility index (Phi) is 9.17. The van der Waals surface area contributed by atoms with Gasteiger partial charge in [0.25, 0.3) is 0 Å². The van der Waals surface area contributed by atoms with Gasteiger partial charge in [0.2, 0.25) is 0 Å². The van der Waals surface area contributed by atoms with Gasteiger partial charge in [0, 0.05) is 24.7 Å². The minimum atomic E-state index is -1.11. The molecule has 1 fully saturated rings. The van der Waals surface area contributed by atoms with Crippen LogP contribution in [-0.4, -0.2) is 46.3 Å². The Hall–Kier alpha value is -2.18. The first kappa shape index (κ1) is 22.1. The van der Waals surface area contributed by atoms with Gasteiger partial charge in [-0.15, -0.1) is 0 Å². The van der Waals surface area contributed by atoms with Gasteiger partial charge >= 0.3 is 5.97 Å². The summed E-state index contributed by atoms with van der Waals surface area (Å²) < 4.78 is 19.8.